The highest BCUT2D eigenvalue weighted by Crippen LogP contribution is 2.16. The number of nitrogens with one attached hydrogen (secondary N) is 1. The minimum Gasteiger partial charge on any atom is -0.350 e. The van der Waals surface area contributed by atoms with Crippen LogP contribution in [0.3, 0.4) is 0 Å². The molecule has 0 atom stereocenters. The number of amides is 1. The summed E-state index contributed by atoms with van der Waals surface area (Å²) in [5.74, 6) is -1.91. The van der Waals surface area contributed by atoms with Gasteiger partial charge in [0, 0.05) is 24.4 Å². The molecule has 4 rings (SSSR count). The Morgan fingerprint density at radius 2 is 1.87 bits per heavy atom. The molecule has 0 spiro atoms. The molecular formula is C22H18F2N4O2. The predicted molar refractivity (Wildman–Crippen MR) is 108 cm³/mol. The topological polar surface area (TPSA) is 68.9 Å². The standard InChI is InChI=1S/C22H18F2N4O2/c1-14-4-8-17(9-5-14)28-21-19(3-2-10-25-21)27(22(28)30)13-20(29)26-12-15-6-7-16(23)11-18(15)24/h2-11H,12-13H2,1H3,(H,26,29). The van der Waals surface area contributed by atoms with Crippen molar-refractivity contribution in [2.75, 3.05) is 0 Å². The molecule has 1 amide bonds. The minimum atomic E-state index is -0.743. The second kappa shape index (κ2) is 7.90. The van der Waals surface area contributed by atoms with Gasteiger partial charge in [0.05, 0.1) is 11.2 Å². The molecule has 0 bridgehead atoms. The van der Waals surface area contributed by atoms with Crippen molar-refractivity contribution in [2.45, 2.75) is 20.0 Å². The molecule has 152 valence electrons. The Bertz CT molecular complexity index is 1290. The van der Waals surface area contributed by atoms with Crippen LogP contribution in [-0.4, -0.2) is 20.0 Å². The normalized spacial score (nSPS) is 11.0. The average Bonchev–Trinajstić information content (AvgIpc) is 3.00. The van der Waals surface area contributed by atoms with Gasteiger partial charge in [0.1, 0.15) is 18.2 Å². The molecular weight excluding hydrogens is 390 g/mol. The molecule has 0 saturated carbocycles. The van der Waals surface area contributed by atoms with Gasteiger partial charge in [0.15, 0.2) is 5.65 Å². The number of benzene rings is 2. The fourth-order valence-electron chi connectivity index (χ4n) is 3.22. The highest BCUT2D eigenvalue weighted by Gasteiger charge is 2.17. The highest BCUT2D eigenvalue weighted by atomic mass is 19.1. The number of imidazole rings is 1. The third kappa shape index (κ3) is 3.71. The molecule has 1 N–H and O–H groups in total. The Balaban J connectivity index is 1.63. The number of rotatable bonds is 5. The van der Waals surface area contributed by atoms with E-state index in [1.807, 2.05) is 31.2 Å². The molecule has 0 aliphatic rings. The van der Waals surface area contributed by atoms with Gasteiger partial charge in [-0.3, -0.25) is 9.36 Å². The van der Waals surface area contributed by atoms with Crippen molar-refractivity contribution in [1.82, 2.24) is 19.4 Å². The van der Waals surface area contributed by atoms with E-state index in [-0.39, 0.29) is 18.7 Å². The van der Waals surface area contributed by atoms with Crippen molar-refractivity contribution in [2.24, 2.45) is 0 Å². The lowest BCUT2D eigenvalue weighted by atomic mass is 10.2. The largest absolute Gasteiger partial charge is 0.350 e. The summed E-state index contributed by atoms with van der Waals surface area (Å²) in [4.78, 5) is 29.8. The van der Waals surface area contributed by atoms with Crippen LogP contribution in [-0.2, 0) is 17.9 Å². The zero-order valence-electron chi connectivity index (χ0n) is 16.1. The summed E-state index contributed by atoms with van der Waals surface area (Å²) in [6.45, 7) is 1.57. The first-order valence-electron chi connectivity index (χ1n) is 9.28. The van der Waals surface area contributed by atoms with Crippen LogP contribution in [0, 0.1) is 18.6 Å². The zero-order chi connectivity index (χ0) is 21.3. The minimum absolute atomic E-state index is 0.117. The SMILES string of the molecule is Cc1ccc(-n2c(=O)n(CC(=O)NCc3ccc(F)cc3F)c3cccnc32)cc1. The van der Waals surface area contributed by atoms with E-state index in [9.17, 15) is 18.4 Å². The molecule has 2 aromatic carbocycles. The highest BCUT2D eigenvalue weighted by molar-refractivity contribution is 5.80. The Morgan fingerprint density at radius 3 is 2.60 bits per heavy atom. The van der Waals surface area contributed by atoms with Crippen LogP contribution >= 0.6 is 0 Å². The van der Waals surface area contributed by atoms with Gasteiger partial charge in [0.25, 0.3) is 0 Å². The Kier molecular flexibility index (Phi) is 5.14. The Hall–Kier alpha value is -3.81. The fraction of sp³-hybridized carbons (Fsp3) is 0.136. The molecule has 2 aromatic heterocycles. The lowest BCUT2D eigenvalue weighted by molar-refractivity contribution is -0.121. The summed E-state index contributed by atoms with van der Waals surface area (Å²) in [5, 5.41) is 2.57. The van der Waals surface area contributed by atoms with E-state index in [4.69, 9.17) is 0 Å². The lowest BCUT2D eigenvalue weighted by Gasteiger charge is -2.07. The molecule has 0 saturated heterocycles. The first kappa shape index (κ1) is 19.5. The van der Waals surface area contributed by atoms with E-state index >= 15 is 0 Å². The van der Waals surface area contributed by atoms with Crippen LogP contribution in [0.25, 0.3) is 16.9 Å². The second-order valence-electron chi connectivity index (χ2n) is 6.90. The van der Waals surface area contributed by atoms with Crippen molar-refractivity contribution in [3.05, 3.63) is 94.0 Å². The Labute approximate surface area is 170 Å². The number of halogens is 2. The van der Waals surface area contributed by atoms with Crippen LogP contribution < -0.4 is 11.0 Å². The van der Waals surface area contributed by atoms with Gasteiger partial charge in [-0.1, -0.05) is 23.8 Å². The number of pyridine rings is 1. The first-order chi connectivity index (χ1) is 14.4. The third-order valence-corrected chi connectivity index (χ3v) is 4.78. The van der Waals surface area contributed by atoms with Crippen LogP contribution in [0.4, 0.5) is 8.78 Å². The smallest absolute Gasteiger partial charge is 0.335 e. The molecule has 4 aromatic rings. The van der Waals surface area contributed by atoms with E-state index < -0.39 is 23.2 Å². The van der Waals surface area contributed by atoms with Gasteiger partial charge in [0.2, 0.25) is 5.91 Å². The van der Waals surface area contributed by atoms with Crippen molar-refractivity contribution in [3.63, 3.8) is 0 Å². The summed E-state index contributed by atoms with van der Waals surface area (Å²) in [6, 6.07) is 13.9. The van der Waals surface area contributed by atoms with Crippen molar-refractivity contribution < 1.29 is 13.6 Å². The number of hydrogen-bond donors (Lipinski definition) is 1. The monoisotopic (exact) mass is 408 g/mol. The molecule has 0 unspecified atom stereocenters. The summed E-state index contributed by atoms with van der Waals surface area (Å²) in [6.07, 6.45) is 1.58. The van der Waals surface area contributed by atoms with Gasteiger partial charge < -0.3 is 5.32 Å². The maximum absolute atomic E-state index is 13.8. The molecule has 0 aliphatic heterocycles. The number of hydrogen-bond acceptors (Lipinski definition) is 3. The maximum atomic E-state index is 13.8. The quantitative estimate of drug-likeness (QED) is 0.552. The van der Waals surface area contributed by atoms with Crippen LogP contribution in [0.2, 0.25) is 0 Å². The average molecular weight is 408 g/mol. The van der Waals surface area contributed by atoms with E-state index in [1.54, 1.807) is 18.3 Å². The van der Waals surface area contributed by atoms with Gasteiger partial charge in [-0.05, 0) is 37.3 Å². The summed E-state index contributed by atoms with van der Waals surface area (Å²) >= 11 is 0. The number of nitrogens with zero attached hydrogens (tertiary/aromatic N) is 3. The van der Waals surface area contributed by atoms with Crippen molar-refractivity contribution in [3.8, 4) is 5.69 Å². The van der Waals surface area contributed by atoms with Gasteiger partial charge >= 0.3 is 5.69 Å². The summed E-state index contributed by atoms with van der Waals surface area (Å²) in [5.41, 5.74) is 2.38. The molecule has 0 radical (unpaired) electrons. The number of aryl methyl sites for hydroxylation is 1. The zero-order valence-corrected chi connectivity index (χ0v) is 16.1. The summed E-state index contributed by atoms with van der Waals surface area (Å²) in [7, 11) is 0. The van der Waals surface area contributed by atoms with Crippen LogP contribution in [0.1, 0.15) is 11.1 Å². The molecule has 0 aliphatic carbocycles. The number of fused-ring (bicyclic) bond motifs is 1. The first-order valence-corrected chi connectivity index (χ1v) is 9.28. The third-order valence-electron chi connectivity index (χ3n) is 4.78. The van der Waals surface area contributed by atoms with E-state index in [0.717, 1.165) is 17.7 Å². The number of carbonyl (C=O) groups excluding carboxylic acids is 1. The van der Waals surface area contributed by atoms with E-state index in [2.05, 4.69) is 10.3 Å². The van der Waals surface area contributed by atoms with Gasteiger partial charge in [-0.15, -0.1) is 0 Å². The van der Waals surface area contributed by atoms with Crippen molar-refractivity contribution >= 4 is 17.1 Å². The molecule has 0 fully saturated rings. The molecule has 2 heterocycles. The molecule has 8 heteroatoms. The molecule has 6 nitrogen and oxygen atoms in total. The van der Waals surface area contributed by atoms with Crippen LogP contribution in [0.15, 0.2) is 65.6 Å². The number of aromatic nitrogens is 3. The predicted octanol–water partition coefficient (Wildman–Crippen LogP) is 3.09. The Morgan fingerprint density at radius 1 is 1.10 bits per heavy atom. The maximum Gasteiger partial charge on any atom is 0.335 e. The number of carbonyl (C=O) groups is 1. The van der Waals surface area contributed by atoms with Crippen molar-refractivity contribution in [1.29, 1.82) is 0 Å². The van der Waals surface area contributed by atoms with E-state index in [1.165, 1.54) is 15.2 Å². The van der Waals surface area contributed by atoms with Crippen LogP contribution in [0.5, 0.6) is 0 Å². The van der Waals surface area contributed by atoms with Gasteiger partial charge in [-0.25, -0.2) is 23.1 Å². The van der Waals surface area contributed by atoms with E-state index in [0.29, 0.717) is 16.9 Å². The summed E-state index contributed by atoms with van der Waals surface area (Å²) < 4.78 is 29.5. The lowest BCUT2D eigenvalue weighted by Crippen LogP contribution is -2.32. The fourth-order valence-corrected chi connectivity index (χ4v) is 3.22. The van der Waals surface area contributed by atoms with Gasteiger partial charge in [-0.2, -0.15) is 0 Å². The second-order valence-corrected chi connectivity index (χ2v) is 6.90. The molecule has 30 heavy (non-hydrogen) atoms.